The molecule has 2 aromatic carbocycles. The monoisotopic (exact) mass is 380 g/mol. The van der Waals surface area contributed by atoms with Gasteiger partial charge in [0.2, 0.25) is 0 Å². The average molecular weight is 381 g/mol. The topological polar surface area (TPSA) is 113 Å². The third-order valence-corrected chi connectivity index (χ3v) is 3.57. The molecule has 0 radical (unpaired) electrons. The second kappa shape index (κ2) is 6.97. The fourth-order valence-electron chi connectivity index (χ4n) is 1.73. The van der Waals surface area contributed by atoms with Gasteiger partial charge in [0, 0.05) is 18.2 Å². The number of nitrogens with zero attached hydrogens (tertiary/aromatic N) is 2. The van der Waals surface area contributed by atoms with Crippen LogP contribution in [-0.4, -0.2) is 15.8 Å². The van der Waals surface area contributed by atoms with Gasteiger partial charge >= 0.3 is 5.97 Å². The highest BCUT2D eigenvalue weighted by molar-refractivity contribution is 9.10. The second-order valence-corrected chi connectivity index (χ2v) is 5.28. The van der Waals surface area contributed by atoms with Crippen molar-refractivity contribution in [2.24, 2.45) is 0 Å². The zero-order valence-corrected chi connectivity index (χ0v) is 13.1. The minimum atomic E-state index is -0.723. The van der Waals surface area contributed by atoms with Gasteiger partial charge < -0.3 is 4.74 Å². The molecule has 0 heterocycles. The van der Waals surface area contributed by atoms with Gasteiger partial charge in [-0.1, -0.05) is 0 Å². The number of halogens is 1. The summed E-state index contributed by atoms with van der Waals surface area (Å²) in [5.74, 6) is -0.723. The van der Waals surface area contributed by atoms with Gasteiger partial charge in [-0.2, -0.15) is 0 Å². The molecule has 2 aromatic rings. The van der Waals surface area contributed by atoms with Crippen LogP contribution in [-0.2, 0) is 11.3 Å². The van der Waals surface area contributed by atoms with Crippen molar-refractivity contribution in [1.82, 2.24) is 0 Å². The summed E-state index contributed by atoms with van der Waals surface area (Å²) in [5, 5.41) is 21.4. The van der Waals surface area contributed by atoms with Gasteiger partial charge in [0.15, 0.2) is 0 Å². The van der Waals surface area contributed by atoms with Crippen molar-refractivity contribution in [2.45, 2.75) is 6.61 Å². The highest BCUT2D eigenvalue weighted by atomic mass is 79.9. The molecule has 8 nitrogen and oxygen atoms in total. The smallest absolute Gasteiger partial charge is 0.338 e. The third kappa shape index (κ3) is 4.10. The summed E-state index contributed by atoms with van der Waals surface area (Å²) in [4.78, 5) is 32.1. The molecule has 0 spiro atoms. The zero-order valence-electron chi connectivity index (χ0n) is 11.5. The third-order valence-electron chi connectivity index (χ3n) is 2.90. The molecule has 0 saturated carbocycles. The van der Waals surface area contributed by atoms with E-state index in [0.29, 0.717) is 5.56 Å². The molecule has 118 valence electrons. The molecule has 0 saturated heterocycles. The maximum absolute atomic E-state index is 11.9. The molecule has 0 aliphatic rings. The molecular weight excluding hydrogens is 372 g/mol. The van der Waals surface area contributed by atoms with Crippen LogP contribution in [0.3, 0.4) is 0 Å². The largest absolute Gasteiger partial charge is 0.457 e. The molecule has 9 heteroatoms. The number of benzene rings is 2. The van der Waals surface area contributed by atoms with Gasteiger partial charge in [-0.3, -0.25) is 20.2 Å². The molecule has 0 N–H and O–H groups in total. The number of ether oxygens (including phenoxy) is 1. The van der Waals surface area contributed by atoms with Gasteiger partial charge in [0.25, 0.3) is 11.4 Å². The highest BCUT2D eigenvalue weighted by Gasteiger charge is 2.17. The van der Waals surface area contributed by atoms with Crippen LogP contribution in [0.15, 0.2) is 46.9 Å². The Labute approximate surface area is 138 Å². The van der Waals surface area contributed by atoms with Crippen LogP contribution in [0.25, 0.3) is 0 Å². The second-order valence-electron chi connectivity index (χ2n) is 4.42. The molecule has 0 aliphatic heterocycles. The number of rotatable bonds is 5. The number of esters is 1. The summed E-state index contributed by atoms with van der Waals surface area (Å²) in [5.41, 5.74) is 0.302. The lowest BCUT2D eigenvalue weighted by molar-refractivity contribution is -0.385. The van der Waals surface area contributed by atoms with E-state index in [2.05, 4.69) is 15.9 Å². The molecule has 0 atom stereocenters. The fourth-order valence-corrected chi connectivity index (χ4v) is 2.12. The van der Waals surface area contributed by atoms with Crippen LogP contribution in [0.1, 0.15) is 15.9 Å². The van der Waals surface area contributed by atoms with Gasteiger partial charge in [0.1, 0.15) is 6.61 Å². The van der Waals surface area contributed by atoms with E-state index in [1.54, 1.807) is 0 Å². The Hall–Kier alpha value is -2.81. The molecule has 23 heavy (non-hydrogen) atoms. The lowest BCUT2D eigenvalue weighted by Gasteiger charge is -2.05. The van der Waals surface area contributed by atoms with E-state index in [1.165, 1.54) is 36.4 Å². The first-order valence-electron chi connectivity index (χ1n) is 6.23. The Morgan fingerprint density at radius 3 is 2.26 bits per heavy atom. The van der Waals surface area contributed by atoms with Gasteiger partial charge in [-0.15, -0.1) is 0 Å². The van der Waals surface area contributed by atoms with E-state index >= 15 is 0 Å². The number of hydrogen-bond donors (Lipinski definition) is 0. The summed E-state index contributed by atoms with van der Waals surface area (Å²) in [6.07, 6.45) is 0. The summed E-state index contributed by atoms with van der Waals surface area (Å²) in [6, 6.07) is 9.43. The Kier molecular flexibility index (Phi) is 5.02. The van der Waals surface area contributed by atoms with Crippen LogP contribution < -0.4 is 0 Å². The molecular formula is C14H9BrN2O6. The molecule has 2 rings (SSSR count). The van der Waals surface area contributed by atoms with Crippen LogP contribution in [0.2, 0.25) is 0 Å². The Morgan fingerprint density at radius 2 is 1.70 bits per heavy atom. The summed E-state index contributed by atoms with van der Waals surface area (Å²) in [7, 11) is 0. The van der Waals surface area contributed by atoms with E-state index in [1.807, 2.05) is 0 Å². The van der Waals surface area contributed by atoms with Gasteiger partial charge in [-0.05, 0) is 45.8 Å². The molecule has 0 unspecified atom stereocenters. The van der Waals surface area contributed by atoms with Crippen LogP contribution in [0.4, 0.5) is 11.4 Å². The van der Waals surface area contributed by atoms with Crippen molar-refractivity contribution in [3.63, 3.8) is 0 Å². The highest BCUT2D eigenvalue weighted by Crippen LogP contribution is 2.26. The van der Waals surface area contributed by atoms with E-state index in [0.717, 1.165) is 6.07 Å². The first kappa shape index (κ1) is 16.6. The predicted molar refractivity (Wildman–Crippen MR) is 83.0 cm³/mol. The van der Waals surface area contributed by atoms with E-state index in [4.69, 9.17) is 4.74 Å². The van der Waals surface area contributed by atoms with Crippen molar-refractivity contribution in [3.05, 3.63) is 78.3 Å². The Bertz CT molecular complexity index is 775. The van der Waals surface area contributed by atoms with E-state index < -0.39 is 15.8 Å². The number of carbonyl (C=O) groups is 1. The van der Waals surface area contributed by atoms with Crippen molar-refractivity contribution in [1.29, 1.82) is 0 Å². The molecule has 0 bridgehead atoms. The maximum atomic E-state index is 11.9. The molecule has 0 fully saturated rings. The summed E-state index contributed by atoms with van der Waals surface area (Å²) < 4.78 is 5.30. The average Bonchev–Trinajstić information content (AvgIpc) is 2.53. The lowest BCUT2D eigenvalue weighted by atomic mass is 10.2. The van der Waals surface area contributed by atoms with Gasteiger partial charge in [-0.25, -0.2) is 4.79 Å². The maximum Gasteiger partial charge on any atom is 0.338 e. The fraction of sp³-hybridized carbons (Fsp3) is 0.0714. The van der Waals surface area contributed by atoms with Gasteiger partial charge in [0.05, 0.1) is 19.9 Å². The summed E-state index contributed by atoms with van der Waals surface area (Å²) in [6.45, 7) is -0.0965. The Morgan fingerprint density at radius 1 is 1.04 bits per heavy atom. The van der Waals surface area contributed by atoms with Crippen molar-refractivity contribution in [3.8, 4) is 0 Å². The number of hydrogen-bond acceptors (Lipinski definition) is 6. The zero-order chi connectivity index (χ0) is 17.0. The number of nitro groups is 2. The van der Waals surface area contributed by atoms with Crippen molar-refractivity contribution < 1.29 is 19.4 Å². The standard InChI is InChI=1S/C14H9BrN2O6/c15-12-6-3-10(7-13(12)17(21)22)14(18)23-8-9-1-4-11(5-2-9)16(19)20/h1-7H,8H2. The predicted octanol–water partition coefficient (Wildman–Crippen LogP) is 3.62. The Balaban J connectivity index is 2.06. The number of nitro benzene ring substituents is 2. The summed E-state index contributed by atoms with van der Waals surface area (Å²) >= 11 is 3.03. The minimum Gasteiger partial charge on any atom is -0.457 e. The molecule has 0 amide bonds. The van der Waals surface area contributed by atoms with Crippen molar-refractivity contribution in [2.75, 3.05) is 0 Å². The van der Waals surface area contributed by atoms with Crippen LogP contribution in [0.5, 0.6) is 0 Å². The van der Waals surface area contributed by atoms with Crippen LogP contribution in [0, 0.1) is 20.2 Å². The first-order chi connectivity index (χ1) is 10.9. The molecule has 0 aliphatic carbocycles. The lowest BCUT2D eigenvalue weighted by Crippen LogP contribution is -2.06. The normalized spacial score (nSPS) is 10.1. The SMILES string of the molecule is O=C(OCc1ccc([N+](=O)[O-])cc1)c1ccc(Br)c([N+](=O)[O-])c1. The van der Waals surface area contributed by atoms with E-state index in [9.17, 15) is 25.0 Å². The number of carbonyl (C=O) groups excluding carboxylic acids is 1. The van der Waals surface area contributed by atoms with E-state index in [-0.39, 0.29) is 28.0 Å². The number of non-ortho nitro benzene ring substituents is 1. The van der Waals surface area contributed by atoms with Crippen LogP contribution >= 0.6 is 15.9 Å². The molecule has 0 aromatic heterocycles. The quantitative estimate of drug-likeness (QED) is 0.444. The minimum absolute atomic E-state index is 0.0433. The first-order valence-corrected chi connectivity index (χ1v) is 7.02. The van der Waals surface area contributed by atoms with Crippen molar-refractivity contribution >= 4 is 33.3 Å².